The molecule has 1 aromatic carbocycles. The second-order valence-electron chi connectivity index (χ2n) is 7.48. The maximum Gasteiger partial charge on any atom is 0.271 e. The van der Waals surface area contributed by atoms with Gasteiger partial charge in [0.1, 0.15) is 11.6 Å². The van der Waals surface area contributed by atoms with E-state index < -0.39 is 11.7 Å². The van der Waals surface area contributed by atoms with Gasteiger partial charge in [0.25, 0.3) is 11.8 Å². The average Bonchev–Trinajstić information content (AvgIpc) is 2.76. The number of hydrogen-bond acceptors (Lipinski definition) is 7. The third-order valence-electron chi connectivity index (χ3n) is 5.28. The minimum atomic E-state index is -0.806. The molecule has 1 aliphatic rings. The molecule has 9 nitrogen and oxygen atoms in total. The first-order valence-electron chi connectivity index (χ1n) is 10.3. The van der Waals surface area contributed by atoms with Crippen molar-refractivity contribution in [1.82, 2.24) is 15.3 Å². The number of carbonyl (C=O) groups excluding carboxylic acids is 2. The van der Waals surface area contributed by atoms with Crippen molar-refractivity contribution < 1.29 is 19.1 Å². The summed E-state index contributed by atoms with van der Waals surface area (Å²) in [5.41, 5.74) is 6.14. The van der Waals surface area contributed by atoms with Crippen LogP contribution in [0.4, 0.5) is 21.7 Å². The maximum atomic E-state index is 14.4. The molecule has 0 bridgehead atoms. The molecule has 1 aromatic heterocycles. The molecule has 166 valence electrons. The molecule has 0 spiro atoms. The zero-order chi connectivity index (χ0) is 22.5. The van der Waals surface area contributed by atoms with Gasteiger partial charge in [0, 0.05) is 18.7 Å². The molecule has 31 heavy (non-hydrogen) atoms. The summed E-state index contributed by atoms with van der Waals surface area (Å²) in [6.07, 6.45) is 3.14. The summed E-state index contributed by atoms with van der Waals surface area (Å²) in [5, 5.41) is 18.3. The Labute approximate surface area is 179 Å². The van der Waals surface area contributed by atoms with Gasteiger partial charge in [0.2, 0.25) is 0 Å². The first-order chi connectivity index (χ1) is 14.8. The summed E-state index contributed by atoms with van der Waals surface area (Å²) in [5.74, 6) is -1.34. The van der Waals surface area contributed by atoms with Gasteiger partial charge in [-0.3, -0.25) is 9.59 Å². The average molecular weight is 430 g/mol. The van der Waals surface area contributed by atoms with Gasteiger partial charge >= 0.3 is 0 Å². The van der Waals surface area contributed by atoms with Crippen LogP contribution in [-0.2, 0) is 6.42 Å². The molecule has 2 amide bonds. The van der Waals surface area contributed by atoms with Crippen molar-refractivity contribution >= 4 is 29.1 Å². The summed E-state index contributed by atoms with van der Waals surface area (Å²) in [7, 11) is 1.47. The molecule has 6 N–H and O–H groups in total. The van der Waals surface area contributed by atoms with Gasteiger partial charge in [-0.2, -0.15) is 0 Å². The molecule has 0 unspecified atom stereocenters. The predicted octanol–water partition coefficient (Wildman–Crippen LogP) is 2.10. The van der Waals surface area contributed by atoms with Crippen LogP contribution in [0.2, 0.25) is 0 Å². The molecule has 0 radical (unpaired) electrons. The van der Waals surface area contributed by atoms with Crippen molar-refractivity contribution in [3.05, 3.63) is 41.0 Å². The Balaban J connectivity index is 1.97. The number of rotatable bonds is 7. The number of aliphatic hydroxyl groups is 1. The van der Waals surface area contributed by atoms with E-state index in [1.165, 1.54) is 19.2 Å². The van der Waals surface area contributed by atoms with Gasteiger partial charge in [-0.15, -0.1) is 0 Å². The fraction of sp³-hybridized carbons (Fsp3) is 0.429. The molecule has 10 heteroatoms. The molecular formula is C21H27FN6O3. The molecule has 1 fully saturated rings. The van der Waals surface area contributed by atoms with Crippen molar-refractivity contribution in [2.75, 3.05) is 17.7 Å². The molecule has 1 heterocycles. The number of amides is 2. The lowest BCUT2D eigenvalue weighted by atomic mass is 9.93. The Kier molecular flexibility index (Phi) is 7.01. The van der Waals surface area contributed by atoms with Crippen LogP contribution in [0.25, 0.3) is 0 Å². The molecule has 0 saturated heterocycles. The smallest absolute Gasteiger partial charge is 0.271 e. The largest absolute Gasteiger partial charge is 0.393 e. The second-order valence-corrected chi connectivity index (χ2v) is 7.48. The highest BCUT2D eigenvalue weighted by Gasteiger charge is 2.23. The van der Waals surface area contributed by atoms with Crippen LogP contribution >= 0.6 is 0 Å². The van der Waals surface area contributed by atoms with Gasteiger partial charge < -0.3 is 26.8 Å². The lowest BCUT2D eigenvalue weighted by Gasteiger charge is -2.27. The molecular weight excluding hydrogens is 403 g/mol. The van der Waals surface area contributed by atoms with E-state index >= 15 is 0 Å². The topological polar surface area (TPSA) is 142 Å². The van der Waals surface area contributed by atoms with Crippen molar-refractivity contribution in [2.45, 2.75) is 51.2 Å². The number of halogens is 1. The number of nitrogens with zero attached hydrogens (tertiary/aromatic N) is 2. The number of nitrogens with one attached hydrogen (secondary N) is 3. The van der Waals surface area contributed by atoms with Crippen LogP contribution in [-0.4, -0.2) is 46.1 Å². The van der Waals surface area contributed by atoms with Gasteiger partial charge in [0.15, 0.2) is 11.5 Å². The monoisotopic (exact) mass is 430 g/mol. The van der Waals surface area contributed by atoms with Crippen molar-refractivity contribution in [2.24, 2.45) is 5.73 Å². The molecule has 3 rings (SSSR count). The molecule has 1 aliphatic carbocycles. The van der Waals surface area contributed by atoms with Crippen LogP contribution in [0.1, 0.15) is 59.1 Å². The Morgan fingerprint density at radius 1 is 1.19 bits per heavy atom. The number of nitrogens with two attached hydrogens (primary N) is 1. The zero-order valence-electron chi connectivity index (χ0n) is 17.5. The fourth-order valence-corrected chi connectivity index (χ4v) is 3.54. The lowest BCUT2D eigenvalue weighted by Crippen LogP contribution is -2.29. The summed E-state index contributed by atoms with van der Waals surface area (Å²) >= 11 is 0. The van der Waals surface area contributed by atoms with Crippen LogP contribution in [0.15, 0.2) is 18.2 Å². The molecule has 0 atom stereocenters. The number of aryl methyl sites for hydroxylation is 1. The zero-order valence-corrected chi connectivity index (χ0v) is 17.5. The standard InChI is InChI=1S/C21H27FN6O3/c1-3-15-19(25-12-5-7-13(29)8-6-12)28-20(17(26-15)18(23)30)27-16-10-11(21(31)24-2)4-9-14(16)22/h4,9-10,12-13,29H,3,5-8H2,1-2H3,(H2,23,30)(H,24,31)(H2,25,27,28). The van der Waals surface area contributed by atoms with Gasteiger partial charge in [-0.05, 0) is 50.3 Å². The SMILES string of the molecule is CCc1nc(C(N)=O)c(Nc2cc(C(=O)NC)ccc2F)nc1NC1CCC(O)CC1. The van der Waals surface area contributed by atoms with Crippen LogP contribution < -0.4 is 21.7 Å². The summed E-state index contributed by atoms with van der Waals surface area (Å²) in [4.78, 5) is 32.7. The molecule has 1 saturated carbocycles. The molecule has 2 aromatic rings. The van der Waals surface area contributed by atoms with E-state index in [-0.39, 0.29) is 40.8 Å². The highest BCUT2D eigenvalue weighted by Crippen LogP contribution is 2.27. The number of hydrogen-bond donors (Lipinski definition) is 5. The highest BCUT2D eigenvalue weighted by molar-refractivity contribution is 5.97. The minimum Gasteiger partial charge on any atom is -0.393 e. The molecule has 0 aliphatic heterocycles. The Morgan fingerprint density at radius 2 is 1.90 bits per heavy atom. The normalized spacial score (nSPS) is 18.3. The first-order valence-corrected chi connectivity index (χ1v) is 10.3. The van der Waals surface area contributed by atoms with Gasteiger partial charge in [0.05, 0.1) is 17.5 Å². The number of aromatic nitrogens is 2. The van der Waals surface area contributed by atoms with Crippen LogP contribution in [0, 0.1) is 5.82 Å². The Morgan fingerprint density at radius 3 is 2.52 bits per heavy atom. The fourth-order valence-electron chi connectivity index (χ4n) is 3.54. The summed E-state index contributed by atoms with van der Waals surface area (Å²) in [6, 6.07) is 3.93. The summed E-state index contributed by atoms with van der Waals surface area (Å²) < 4.78 is 14.4. The van der Waals surface area contributed by atoms with E-state index in [9.17, 15) is 19.1 Å². The number of aliphatic hydroxyl groups excluding tert-OH is 1. The third-order valence-corrected chi connectivity index (χ3v) is 5.28. The van der Waals surface area contributed by atoms with Crippen molar-refractivity contribution in [3.8, 4) is 0 Å². The van der Waals surface area contributed by atoms with Crippen LogP contribution in [0.5, 0.6) is 0 Å². The first kappa shape index (κ1) is 22.4. The van der Waals surface area contributed by atoms with E-state index in [4.69, 9.17) is 5.73 Å². The number of benzene rings is 1. The van der Waals surface area contributed by atoms with Gasteiger partial charge in [-0.25, -0.2) is 14.4 Å². The number of carbonyl (C=O) groups is 2. The third kappa shape index (κ3) is 5.26. The van der Waals surface area contributed by atoms with Crippen molar-refractivity contribution in [3.63, 3.8) is 0 Å². The van der Waals surface area contributed by atoms with E-state index in [2.05, 4.69) is 25.9 Å². The number of anilines is 3. The van der Waals surface area contributed by atoms with Crippen molar-refractivity contribution in [1.29, 1.82) is 0 Å². The van der Waals surface area contributed by atoms with E-state index in [0.717, 1.165) is 18.9 Å². The van der Waals surface area contributed by atoms with E-state index in [1.54, 1.807) is 0 Å². The minimum absolute atomic E-state index is 0.00370. The predicted molar refractivity (Wildman–Crippen MR) is 115 cm³/mol. The lowest BCUT2D eigenvalue weighted by molar-refractivity contribution is 0.0961. The van der Waals surface area contributed by atoms with E-state index in [0.29, 0.717) is 30.8 Å². The quantitative estimate of drug-likeness (QED) is 0.453. The second kappa shape index (κ2) is 9.69. The maximum absolute atomic E-state index is 14.4. The van der Waals surface area contributed by atoms with Crippen LogP contribution in [0.3, 0.4) is 0 Å². The Hall–Kier alpha value is -3.27. The Bertz CT molecular complexity index is 976. The number of primary amides is 1. The highest BCUT2D eigenvalue weighted by atomic mass is 19.1. The van der Waals surface area contributed by atoms with Gasteiger partial charge in [-0.1, -0.05) is 6.92 Å². The van der Waals surface area contributed by atoms with E-state index in [1.807, 2.05) is 6.92 Å². The summed E-state index contributed by atoms with van der Waals surface area (Å²) in [6.45, 7) is 1.88.